The van der Waals surface area contributed by atoms with Crippen LogP contribution < -0.4 is 5.73 Å². The highest BCUT2D eigenvalue weighted by molar-refractivity contribution is 7.89. The SMILES string of the molecule is C[C@H]1CCCN(S(=O)(=O)c2cc(C(=O)OCC(N)=O)ccc2Cl)C1. The number of carbonyl (C=O) groups is 2. The molecular formula is C15H19ClN2O5S. The van der Waals surface area contributed by atoms with Gasteiger partial charge >= 0.3 is 5.97 Å². The van der Waals surface area contributed by atoms with Crippen LogP contribution in [0.2, 0.25) is 5.02 Å². The van der Waals surface area contributed by atoms with E-state index in [1.165, 1.54) is 22.5 Å². The van der Waals surface area contributed by atoms with Gasteiger partial charge in [-0.25, -0.2) is 13.2 Å². The number of nitrogens with two attached hydrogens (primary N) is 1. The molecule has 1 fully saturated rings. The Kier molecular flexibility index (Phi) is 5.84. The Morgan fingerprint density at radius 1 is 1.42 bits per heavy atom. The van der Waals surface area contributed by atoms with E-state index in [0.29, 0.717) is 13.1 Å². The maximum Gasteiger partial charge on any atom is 0.338 e. The summed E-state index contributed by atoms with van der Waals surface area (Å²) >= 11 is 6.04. The highest BCUT2D eigenvalue weighted by Gasteiger charge is 2.31. The number of hydrogen-bond donors (Lipinski definition) is 1. The van der Waals surface area contributed by atoms with E-state index in [1.54, 1.807) is 0 Å². The highest BCUT2D eigenvalue weighted by atomic mass is 35.5. The summed E-state index contributed by atoms with van der Waals surface area (Å²) in [5, 5.41) is 0.0275. The summed E-state index contributed by atoms with van der Waals surface area (Å²) < 4.78 is 31.7. The van der Waals surface area contributed by atoms with Gasteiger partial charge in [0.1, 0.15) is 4.90 Å². The van der Waals surface area contributed by atoms with E-state index in [2.05, 4.69) is 0 Å². The van der Waals surface area contributed by atoms with Crippen LogP contribution >= 0.6 is 11.6 Å². The number of sulfonamides is 1. The molecule has 1 aliphatic rings. The van der Waals surface area contributed by atoms with E-state index in [-0.39, 0.29) is 21.4 Å². The zero-order valence-electron chi connectivity index (χ0n) is 13.2. The molecular weight excluding hydrogens is 356 g/mol. The van der Waals surface area contributed by atoms with Crippen LogP contribution in [-0.2, 0) is 19.6 Å². The summed E-state index contributed by atoms with van der Waals surface area (Å²) in [4.78, 5) is 22.4. The molecule has 2 rings (SSSR count). The average Bonchev–Trinajstić information content (AvgIpc) is 2.52. The van der Waals surface area contributed by atoms with E-state index in [0.717, 1.165) is 12.8 Å². The number of benzene rings is 1. The van der Waals surface area contributed by atoms with Crippen molar-refractivity contribution in [3.63, 3.8) is 0 Å². The molecule has 0 saturated carbocycles. The van der Waals surface area contributed by atoms with Crippen molar-refractivity contribution in [1.29, 1.82) is 0 Å². The molecule has 0 aliphatic carbocycles. The summed E-state index contributed by atoms with van der Waals surface area (Å²) in [7, 11) is -3.81. The van der Waals surface area contributed by atoms with E-state index >= 15 is 0 Å². The standard InChI is InChI=1S/C15H19ClN2O5S/c1-10-3-2-6-18(8-10)24(21,22)13-7-11(4-5-12(13)16)15(20)23-9-14(17)19/h4-5,7,10H,2-3,6,8-9H2,1H3,(H2,17,19)/t10-/m0/s1. The van der Waals surface area contributed by atoms with Crippen molar-refractivity contribution in [1.82, 2.24) is 4.31 Å². The molecule has 1 heterocycles. The molecule has 1 aromatic carbocycles. The van der Waals surface area contributed by atoms with E-state index < -0.39 is 28.5 Å². The normalized spacial score (nSPS) is 19.0. The van der Waals surface area contributed by atoms with Gasteiger partial charge in [-0.3, -0.25) is 4.79 Å². The third-order valence-electron chi connectivity index (χ3n) is 3.75. The van der Waals surface area contributed by atoms with Gasteiger partial charge in [-0.05, 0) is 37.0 Å². The molecule has 1 amide bonds. The van der Waals surface area contributed by atoms with Gasteiger partial charge < -0.3 is 10.5 Å². The van der Waals surface area contributed by atoms with Crippen LogP contribution in [0.25, 0.3) is 0 Å². The summed E-state index contributed by atoms with van der Waals surface area (Å²) in [6.07, 6.45) is 1.75. The second-order valence-corrected chi connectivity index (χ2v) is 8.11. The molecule has 1 saturated heterocycles. The van der Waals surface area contributed by atoms with Crippen molar-refractivity contribution < 1.29 is 22.7 Å². The maximum atomic E-state index is 12.8. The number of nitrogens with zero attached hydrogens (tertiary/aromatic N) is 1. The lowest BCUT2D eigenvalue weighted by atomic mass is 10.0. The van der Waals surface area contributed by atoms with Crippen molar-refractivity contribution in [3.8, 4) is 0 Å². The van der Waals surface area contributed by atoms with Crippen molar-refractivity contribution in [3.05, 3.63) is 28.8 Å². The minimum absolute atomic E-state index is 0.00992. The van der Waals surface area contributed by atoms with Crippen LogP contribution in [0.15, 0.2) is 23.1 Å². The number of halogens is 1. The molecule has 7 nitrogen and oxygen atoms in total. The van der Waals surface area contributed by atoms with Crippen molar-refractivity contribution in [2.24, 2.45) is 11.7 Å². The van der Waals surface area contributed by atoms with Gasteiger partial charge in [0, 0.05) is 13.1 Å². The lowest BCUT2D eigenvalue weighted by Crippen LogP contribution is -2.39. The Morgan fingerprint density at radius 2 is 2.12 bits per heavy atom. The Morgan fingerprint density at radius 3 is 2.75 bits per heavy atom. The predicted octanol–water partition coefficient (Wildman–Crippen LogP) is 1.40. The van der Waals surface area contributed by atoms with Crippen LogP contribution in [0.1, 0.15) is 30.1 Å². The van der Waals surface area contributed by atoms with Crippen LogP contribution in [0.5, 0.6) is 0 Å². The van der Waals surface area contributed by atoms with Gasteiger partial charge in [0.05, 0.1) is 10.6 Å². The minimum atomic E-state index is -3.81. The smallest absolute Gasteiger partial charge is 0.338 e. The fraction of sp³-hybridized carbons (Fsp3) is 0.467. The molecule has 0 bridgehead atoms. The van der Waals surface area contributed by atoms with E-state index in [1.807, 2.05) is 6.92 Å². The molecule has 1 aromatic rings. The molecule has 0 spiro atoms. The van der Waals surface area contributed by atoms with Crippen LogP contribution in [0.4, 0.5) is 0 Å². The number of ether oxygens (including phenoxy) is 1. The van der Waals surface area contributed by atoms with Gasteiger partial charge in [0.2, 0.25) is 10.0 Å². The van der Waals surface area contributed by atoms with Gasteiger partial charge in [0.25, 0.3) is 5.91 Å². The fourth-order valence-electron chi connectivity index (χ4n) is 2.55. The topological polar surface area (TPSA) is 107 Å². The second-order valence-electron chi connectivity index (χ2n) is 5.80. The lowest BCUT2D eigenvalue weighted by molar-refractivity contribution is -0.121. The van der Waals surface area contributed by atoms with Crippen molar-refractivity contribution in [2.75, 3.05) is 19.7 Å². The van der Waals surface area contributed by atoms with E-state index in [4.69, 9.17) is 22.1 Å². The Balaban J connectivity index is 2.30. The zero-order valence-corrected chi connectivity index (χ0v) is 14.8. The first-order chi connectivity index (χ1) is 11.2. The van der Waals surface area contributed by atoms with Crippen LogP contribution in [0.3, 0.4) is 0 Å². The number of esters is 1. The number of piperidine rings is 1. The summed E-state index contributed by atoms with van der Waals surface area (Å²) in [5.74, 6) is -1.38. The number of hydrogen-bond acceptors (Lipinski definition) is 5. The van der Waals surface area contributed by atoms with Crippen LogP contribution in [-0.4, -0.2) is 44.3 Å². The molecule has 0 unspecified atom stereocenters. The van der Waals surface area contributed by atoms with E-state index in [9.17, 15) is 18.0 Å². The Bertz CT molecular complexity index is 750. The molecule has 1 atom stereocenters. The first kappa shape index (κ1) is 18.7. The van der Waals surface area contributed by atoms with Gasteiger partial charge in [-0.1, -0.05) is 18.5 Å². The number of rotatable bonds is 5. The van der Waals surface area contributed by atoms with Crippen LogP contribution in [0, 0.1) is 5.92 Å². The molecule has 9 heteroatoms. The maximum absolute atomic E-state index is 12.8. The second kappa shape index (κ2) is 7.50. The molecule has 24 heavy (non-hydrogen) atoms. The fourth-order valence-corrected chi connectivity index (χ4v) is 4.65. The summed E-state index contributed by atoms with van der Waals surface area (Å²) in [6, 6.07) is 3.83. The first-order valence-electron chi connectivity index (χ1n) is 7.47. The first-order valence-corrected chi connectivity index (χ1v) is 9.28. The quantitative estimate of drug-likeness (QED) is 0.784. The zero-order chi connectivity index (χ0) is 17.9. The molecule has 132 valence electrons. The lowest BCUT2D eigenvalue weighted by Gasteiger charge is -2.30. The molecule has 0 radical (unpaired) electrons. The molecule has 2 N–H and O–H groups in total. The van der Waals surface area contributed by atoms with Crippen molar-refractivity contribution >= 4 is 33.5 Å². The largest absolute Gasteiger partial charge is 0.452 e. The summed E-state index contributed by atoms with van der Waals surface area (Å²) in [6.45, 7) is 2.24. The summed E-state index contributed by atoms with van der Waals surface area (Å²) in [5.41, 5.74) is 4.90. The highest BCUT2D eigenvalue weighted by Crippen LogP contribution is 2.29. The van der Waals surface area contributed by atoms with Crippen molar-refractivity contribution in [2.45, 2.75) is 24.7 Å². The third-order valence-corrected chi connectivity index (χ3v) is 6.10. The minimum Gasteiger partial charge on any atom is -0.452 e. The molecule has 0 aromatic heterocycles. The molecule has 1 aliphatic heterocycles. The average molecular weight is 375 g/mol. The van der Waals surface area contributed by atoms with Gasteiger partial charge in [-0.15, -0.1) is 0 Å². The third kappa shape index (κ3) is 4.25. The number of amides is 1. The predicted molar refractivity (Wildman–Crippen MR) is 88.1 cm³/mol. The Hall–Kier alpha value is -1.64. The Labute approximate surface area is 145 Å². The monoisotopic (exact) mass is 374 g/mol. The number of primary amides is 1. The number of carbonyl (C=O) groups excluding carboxylic acids is 2. The van der Waals surface area contributed by atoms with Gasteiger partial charge in [-0.2, -0.15) is 4.31 Å². The van der Waals surface area contributed by atoms with Gasteiger partial charge in [0.15, 0.2) is 6.61 Å².